The molecule has 2 nitrogen and oxygen atoms in total. The minimum absolute atomic E-state index is 0. The van der Waals surface area contributed by atoms with Crippen molar-refractivity contribution in [3.63, 3.8) is 0 Å². The van der Waals surface area contributed by atoms with Crippen molar-refractivity contribution < 1.29 is 4.74 Å². The first kappa shape index (κ1) is 19.2. The highest BCUT2D eigenvalue weighted by atomic mass is 35.5. The summed E-state index contributed by atoms with van der Waals surface area (Å²) in [6, 6.07) is 18.0. The van der Waals surface area contributed by atoms with Crippen molar-refractivity contribution >= 4 is 35.8 Å². The van der Waals surface area contributed by atoms with Crippen LogP contribution in [0.1, 0.15) is 6.42 Å². The van der Waals surface area contributed by atoms with E-state index in [1.165, 1.54) is 4.90 Å². The Labute approximate surface area is 148 Å². The maximum Gasteiger partial charge on any atom is 0.119 e. The topological polar surface area (TPSA) is 21.3 Å². The molecule has 120 valence electrons. The molecular weight excluding hydrogens is 337 g/mol. The van der Waals surface area contributed by atoms with E-state index < -0.39 is 0 Å². The van der Waals surface area contributed by atoms with Gasteiger partial charge in [0.15, 0.2) is 0 Å². The van der Waals surface area contributed by atoms with E-state index in [-0.39, 0.29) is 12.4 Å². The molecule has 0 spiro atoms. The number of nitrogens with one attached hydrogen (secondary N) is 1. The SMILES string of the molecule is Cl.Clc1ccc(OCCNCCCSc2ccccc2)cc1. The summed E-state index contributed by atoms with van der Waals surface area (Å²) >= 11 is 7.72. The van der Waals surface area contributed by atoms with Gasteiger partial charge in [-0.05, 0) is 55.1 Å². The van der Waals surface area contributed by atoms with E-state index in [4.69, 9.17) is 16.3 Å². The number of hydrogen-bond acceptors (Lipinski definition) is 3. The molecule has 0 aliphatic carbocycles. The molecule has 0 heterocycles. The molecule has 2 aromatic carbocycles. The van der Waals surface area contributed by atoms with Crippen LogP contribution >= 0.6 is 35.8 Å². The van der Waals surface area contributed by atoms with E-state index in [2.05, 4.69) is 29.6 Å². The third kappa shape index (κ3) is 7.95. The molecule has 0 bridgehead atoms. The summed E-state index contributed by atoms with van der Waals surface area (Å²) < 4.78 is 5.61. The Bertz CT molecular complexity index is 508. The summed E-state index contributed by atoms with van der Waals surface area (Å²) in [5, 5.41) is 4.12. The lowest BCUT2D eigenvalue weighted by atomic mass is 10.3. The fraction of sp³-hybridized carbons (Fsp3) is 0.294. The number of rotatable bonds is 9. The zero-order valence-corrected chi connectivity index (χ0v) is 14.7. The minimum atomic E-state index is 0. The van der Waals surface area contributed by atoms with Crippen LogP contribution in [-0.2, 0) is 0 Å². The van der Waals surface area contributed by atoms with E-state index in [9.17, 15) is 0 Å². The second-order valence-corrected chi connectivity index (χ2v) is 6.17. The first-order valence-corrected chi connectivity index (χ1v) is 8.48. The summed E-state index contributed by atoms with van der Waals surface area (Å²) in [5.41, 5.74) is 0. The quantitative estimate of drug-likeness (QED) is 0.508. The van der Waals surface area contributed by atoms with Crippen molar-refractivity contribution in [2.24, 2.45) is 0 Å². The molecule has 0 radical (unpaired) electrons. The van der Waals surface area contributed by atoms with Gasteiger partial charge >= 0.3 is 0 Å². The van der Waals surface area contributed by atoms with Crippen LogP contribution in [0.25, 0.3) is 0 Å². The van der Waals surface area contributed by atoms with Crippen molar-refractivity contribution in [3.8, 4) is 5.75 Å². The number of ether oxygens (including phenoxy) is 1. The van der Waals surface area contributed by atoms with Crippen LogP contribution in [0.5, 0.6) is 5.75 Å². The molecule has 0 amide bonds. The van der Waals surface area contributed by atoms with Crippen LogP contribution in [0.2, 0.25) is 5.02 Å². The lowest BCUT2D eigenvalue weighted by Gasteiger charge is -2.07. The zero-order valence-electron chi connectivity index (χ0n) is 12.3. The Hall–Kier alpha value is -0.870. The summed E-state index contributed by atoms with van der Waals surface area (Å²) in [4.78, 5) is 1.34. The average Bonchev–Trinajstić information content (AvgIpc) is 2.53. The highest BCUT2D eigenvalue weighted by Gasteiger charge is 1.95. The highest BCUT2D eigenvalue weighted by Crippen LogP contribution is 2.17. The van der Waals surface area contributed by atoms with E-state index in [0.717, 1.165) is 36.0 Å². The molecule has 0 atom stereocenters. The molecule has 5 heteroatoms. The fourth-order valence-electron chi connectivity index (χ4n) is 1.80. The van der Waals surface area contributed by atoms with Crippen LogP contribution in [0.3, 0.4) is 0 Å². The Kier molecular flexibility index (Phi) is 10.2. The fourth-order valence-corrected chi connectivity index (χ4v) is 2.80. The zero-order chi connectivity index (χ0) is 14.8. The van der Waals surface area contributed by atoms with Gasteiger partial charge in [-0.1, -0.05) is 29.8 Å². The second-order valence-electron chi connectivity index (χ2n) is 4.57. The van der Waals surface area contributed by atoms with Gasteiger partial charge in [0.1, 0.15) is 12.4 Å². The lowest BCUT2D eigenvalue weighted by molar-refractivity contribution is 0.314. The molecule has 0 saturated carbocycles. The molecule has 2 rings (SSSR count). The van der Waals surface area contributed by atoms with Gasteiger partial charge in [-0.15, -0.1) is 24.2 Å². The van der Waals surface area contributed by atoms with Gasteiger partial charge in [-0.2, -0.15) is 0 Å². The van der Waals surface area contributed by atoms with Crippen molar-refractivity contribution in [2.75, 3.05) is 25.4 Å². The summed E-state index contributed by atoms with van der Waals surface area (Å²) in [5.74, 6) is 2.00. The lowest BCUT2D eigenvalue weighted by Crippen LogP contribution is -2.22. The average molecular weight is 358 g/mol. The van der Waals surface area contributed by atoms with Crippen LogP contribution in [-0.4, -0.2) is 25.4 Å². The van der Waals surface area contributed by atoms with Crippen molar-refractivity contribution in [2.45, 2.75) is 11.3 Å². The number of hydrogen-bond donors (Lipinski definition) is 1. The van der Waals surface area contributed by atoms with E-state index in [0.29, 0.717) is 6.61 Å². The molecule has 0 aliphatic rings. The normalized spacial score (nSPS) is 10.0. The van der Waals surface area contributed by atoms with Crippen LogP contribution in [0.15, 0.2) is 59.5 Å². The molecule has 0 aliphatic heterocycles. The molecule has 0 fully saturated rings. The highest BCUT2D eigenvalue weighted by molar-refractivity contribution is 7.99. The van der Waals surface area contributed by atoms with Crippen molar-refractivity contribution in [1.29, 1.82) is 0 Å². The minimum Gasteiger partial charge on any atom is -0.492 e. The van der Waals surface area contributed by atoms with Crippen LogP contribution in [0.4, 0.5) is 0 Å². The Morgan fingerprint density at radius 1 is 0.955 bits per heavy atom. The standard InChI is InChI=1S/C17H20ClNOS.ClH/c18-15-7-9-16(10-8-15)20-13-12-19-11-4-14-21-17-5-2-1-3-6-17;/h1-3,5-10,19H,4,11-14H2;1H. The molecule has 0 aromatic heterocycles. The van der Waals surface area contributed by atoms with E-state index in [1.807, 2.05) is 42.1 Å². The maximum absolute atomic E-state index is 5.82. The van der Waals surface area contributed by atoms with Crippen molar-refractivity contribution in [3.05, 3.63) is 59.6 Å². The van der Waals surface area contributed by atoms with Gasteiger partial charge < -0.3 is 10.1 Å². The van der Waals surface area contributed by atoms with E-state index in [1.54, 1.807) is 0 Å². The van der Waals surface area contributed by atoms with Gasteiger partial charge in [0, 0.05) is 16.5 Å². The summed E-state index contributed by atoms with van der Waals surface area (Å²) in [6.07, 6.45) is 1.15. The smallest absolute Gasteiger partial charge is 0.119 e. The predicted octanol–water partition coefficient (Wildman–Crippen LogP) is 4.91. The Morgan fingerprint density at radius 2 is 1.68 bits per heavy atom. The second kappa shape index (κ2) is 11.7. The first-order valence-electron chi connectivity index (χ1n) is 7.11. The maximum atomic E-state index is 5.82. The largest absolute Gasteiger partial charge is 0.492 e. The summed E-state index contributed by atoms with van der Waals surface area (Å²) in [7, 11) is 0. The number of benzene rings is 2. The first-order chi connectivity index (χ1) is 10.3. The number of thioether (sulfide) groups is 1. The van der Waals surface area contributed by atoms with Gasteiger partial charge in [-0.3, -0.25) is 0 Å². The monoisotopic (exact) mass is 357 g/mol. The van der Waals surface area contributed by atoms with Gasteiger partial charge in [0.2, 0.25) is 0 Å². The molecule has 0 saturated heterocycles. The molecule has 22 heavy (non-hydrogen) atoms. The van der Waals surface area contributed by atoms with Crippen LogP contribution < -0.4 is 10.1 Å². The van der Waals surface area contributed by atoms with Gasteiger partial charge in [0.05, 0.1) is 0 Å². The predicted molar refractivity (Wildman–Crippen MR) is 98.8 cm³/mol. The van der Waals surface area contributed by atoms with Gasteiger partial charge in [-0.25, -0.2) is 0 Å². The molecule has 2 aromatic rings. The van der Waals surface area contributed by atoms with Gasteiger partial charge in [0.25, 0.3) is 0 Å². The Balaban J connectivity index is 0.00000242. The Morgan fingerprint density at radius 3 is 2.41 bits per heavy atom. The third-order valence-corrected chi connectivity index (χ3v) is 4.22. The molecule has 0 unspecified atom stereocenters. The van der Waals surface area contributed by atoms with E-state index >= 15 is 0 Å². The molecule has 1 N–H and O–H groups in total. The number of halogens is 2. The van der Waals surface area contributed by atoms with Crippen molar-refractivity contribution in [1.82, 2.24) is 5.32 Å². The molecular formula is C17H21Cl2NOS. The summed E-state index contributed by atoms with van der Waals surface area (Å²) in [6.45, 7) is 2.55. The van der Waals surface area contributed by atoms with Crippen LogP contribution in [0, 0.1) is 0 Å². The third-order valence-electron chi connectivity index (χ3n) is 2.87.